The van der Waals surface area contributed by atoms with E-state index in [1.807, 2.05) is 32.9 Å². The summed E-state index contributed by atoms with van der Waals surface area (Å²) >= 11 is 0. The summed E-state index contributed by atoms with van der Waals surface area (Å²) in [7, 11) is -5.34. The Hall–Kier alpha value is -0.920. The summed E-state index contributed by atoms with van der Waals surface area (Å²) < 4.78 is 49.0. The van der Waals surface area contributed by atoms with Crippen LogP contribution in [0.4, 0.5) is 0 Å². The molecule has 21 heavy (non-hydrogen) atoms. The van der Waals surface area contributed by atoms with Crippen molar-refractivity contribution < 1.29 is 16.8 Å². The number of hydrogen-bond acceptors (Lipinski definition) is 4. The molecule has 0 amide bonds. The first-order valence-corrected chi connectivity index (χ1v) is 10.2. The summed E-state index contributed by atoms with van der Waals surface area (Å²) in [5.41, 5.74) is 3.83. The summed E-state index contributed by atoms with van der Waals surface area (Å²) in [6.45, 7) is 5.77. The number of benzene rings is 1. The van der Waals surface area contributed by atoms with Crippen LogP contribution in [0.15, 0.2) is 12.1 Å². The number of sulfone groups is 1. The molecule has 1 rings (SSSR count). The second kappa shape index (κ2) is 6.89. The van der Waals surface area contributed by atoms with Gasteiger partial charge in [0, 0.05) is 0 Å². The lowest BCUT2D eigenvalue weighted by Gasteiger charge is -2.12. The van der Waals surface area contributed by atoms with Crippen LogP contribution in [0.5, 0.6) is 0 Å². The fourth-order valence-electron chi connectivity index (χ4n) is 2.30. The quantitative estimate of drug-likeness (QED) is 0.819. The van der Waals surface area contributed by atoms with Crippen molar-refractivity contribution in [2.75, 3.05) is 18.6 Å². The molecule has 0 aromatic heterocycles. The lowest BCUT2D eigenvalue weighted by molar-refractivity contribution is 0.584. The predicted octanol–water partition coefficient (Wildman–Crippen LogP) is 1.47. The van der Waals surface area contributed by atoms with Gasteiger partial charge in [-0.05, 0) is 50.9 Å². The molecule has 1 N–H and O–H groups in total. The molecule has 0 fully saturated rings. The van der Waals surface area contributed by atoms with E-state index in [0.29, 0.717) is 0 Å². The summed E-state index contributed by atoms with van der Waals surface area (Å²) in [5, 5.41) is 0. The van der Waals surface area contributed by atoms with E-state index in [9.17, 15) is 16.8 Å². The van der Waals surface area contributed by atoms with Gasteiger partial charge in [0.15, 0.2) is 9.84 Å². The van der Waals surface area contributed by atoms with Crippen LogP contribution in [0.1, 0.15) is 28.7 Å². The van der Waals surface area contributed by atoms with Crippen LogP contribution in [0, 0.1) is 20.8 Å². The number of nitrogens with one attached hydrogen (secondary N) is 1. The van der Waals surface area contributed by atoms with Crippen LogP contribution in [0.2, 0.25) is 0 Å². The Labute approximate surface area is 127 Å². The third-order valence-corrected chi connectivity index (χ3v) is 6.47. The number of aryl methyl sites for hydroxylation is 3. The monoisotopic (exact) mass is 333 g/mol. The first-order valence-electron chi connectivity index (χ1n) is 6.75. The smallest absolute Gasteiger partial charge is 0.211 e. The maximum Gasteiger partial charge on any atom is 0.211 e. The Kier molecular flexibility index (Phi) is 5.95. The summed E-state index contributed by atoms with van der Waals surface area (Å²) in [6, 6.07) is 3.92. The molecule has 0 aliphatic heterocycles. The van der Waals surface area contributed by atoms with Gasteiger partial charge in [-0.3, -0.25) is 0 Å². The Balaban J connectivity index is 2.78. The normalized spacial score (nSPS) is 12.6. The summed E-state index contributed by atoms with van der Waals surface area (Å²) in [6.07, 6.45) is 0.107. The van der Waals surface area contributed by atoms with E-state index in [1.54, 1.807) is 0 Å². The van der Waals surface area contributed by atoms with E-state index in [0.717, 1.165) is 22.3 Å². The minimum absolute atomic E-state index is 0.0372. The second-order valence-corrected chi connectivity index (χ2v) is 9.58. The van der Waals surface area contributed by atoms with Crippen LogP contribution in [0.25, 0.3) is 0 Å². The molecule has 0 aliphatic rings. The molecule has 0 atom stereocenters. The Bertz CT molecular complexity index is 683. The molecule has 1 aromatic carbocycles. The van der Waals surface area contributed by atoms with Crippen molar-refractivity contribution in [1.82, 2.24) is 4.72 Å². The zero-order valence-electron chi connectivity index (χ0n) is 12.9. The van der Waals surface area contributed by atoms with Crippen molar-refractivity contribution in [3.05, 3.63) is 34.4 Å². The molecule has 0 saturated heterocycles. The fourth-order valence-corrected chi connectivity index (χ4v) is 4.84. The van der Waals surface area contributed by atoms with Gasteiger partial charge in [-0.15, -0.1) is 0 Å². The van der Waals surface area contributed by atoms with Crippen molar-refractivity contribution in [3.8, 4) is 0 Å². The third-order valence-electron chi connectivity index (χ3n) is 3.38. The maximum atomic E-state index is 12.1. The fraction of sp³-hybridized carbons (Fsp3) is 0.571. The van der Waals surface area contributed by atoms with E-state index >= 15 is 0 Å². The van der Waals surface area contributed by atoms with Crippen LogP contribution >= 0.6 is 0 Å². The minimum Gasteiger partial charge on any atom is -0.228 e. The van der Waals surface area contributed by atoms with Gasteiger partial charge in [0.05, 0.1) is 17.3 Å². The van der Waals surface area contributed by atoms with Crippen LogP contribution in [-0.2, 0) is 25.6 Å². The minimum atomic E-state index is -3.35. The van der Waals surface area contributed by atoms with Gasteiger partial charge in [0.25, 0.3) is 0 Å². The standard InChI is InChI=1S/C14H23NO4S2/c1-11-8-12(2)14(13(3)9-11)10-20(16,17)6-5-7-21(18,19)15-4/h8-9,15H,5-7,10H2,1-4H3. The highest BCUT2D eigenvalue weighted by molar-refractivity contribution is 7.91. The molecule has 5 nitrogen and oxygen atoms in total. The van der Waals surface area contributed by atoms with Crippen molar-refractivity contribution in [1.29, 1.82) is 0 Å². The zero-order valence-corrected chi connectivity index (χ0v) is 14.6. The highest BCUT2D eigenvalue weighted by Gasteiger charge is 2.17. The molecular weight excluding hydrogens is 310 g/mol. The average Bonchev–Trinajstić information content (AvgIpc) is 2.33. The molecule has 0 saturated carbocycles. The molecule has 0 spiro atoms. The topological polar surface area (TPSA) is 80.3 Å². The number of rotatable bonds is 7. The molecule has 0 heterocycles. The first-order chi connectivity index (χ1) is 9.56. The van der Waals surface area contributed by atoms with Gasteiger partial charge in [0.2, 0.25) is 10.0 Å². The van der Waals surface area contributed by atoms with E-state index < -0.39 is 19.9 Å². The Morgan fingerprint density at radius 1 is 0.952 bits per heavy atom. The lowest BCUT2D eigenvalue weighted by Crippen LogP contribution is -2.24. The van der Waals surface area contributed by atoms with Gasteiger partial charge < -0.3 is 0 Å². The third kappa shape index (κ3) is 5.76. The van der Waals surface area contributed by atoms with Crippen LogP contribution in [-0.4, -0.2) is 35.4 Å². The van der Waals surface area contributed by atoms with Gasteiger partial charge in [-0.25, -0.2) is 21.6 Å². The number of sulfonamides is 1. The van der Waals surface area contributed by atoms with E-state index in [-0.39, 0.29) is 23.7 Å². The number of hydrogen-bond donors (Lipinski definition) is 1. The second-order valence-electron chi connectivity index (χ2n) is 5.35. The molecule has 7 heteroatoms. The zero-order chi connectivity index (χ0) is 16.3. The lowest BCUT2D eigenvalue weighted by atomic mass is 10.0. The average molecular weight is 333 g/mol. The molecule has 0 unspecified atom stereocenters. The highest BCUT2D eigenvalue weighted by Crippen LogP contribution is 2.19. The molecule has 120 valence electrons. The molecular formula is C14H23NO4S2. The van der Waals surface area contributed by atoms with Crippen LogP contribution in [0.3, 0.4) is 0 Å². The van der Waals surface area contributed by atoms with Gasteiger partial charge in [-0.2, -0.15) is 0 Å². The maximum absolute atomic E-state index is 12.1. The van der Waals surface area contributed by atoms with E-state index in [4.69, 9.17) is 0 Å². The van der Waals surface area contributed by atoms with Crippen molar-refractivity contribution >= 4 is 19.9 Å². The molecule has 0 aliphatic carbocycles. The van der Waals surface area contributed by atoms with Gasteiger partial charge >= 0.3 is 0 Å². The van der Waals surface area contributed by atoms with Crippen molar-refractivity contribution in [3.63, 3.8) is 0 Å². The molecule has 0 bridgehead atoms. The van der Waals surface area contributed by atoms with Crippen molar-refractivity contribution in [2.45, 2.75) is 32.9 Å². The van der Waals surface area contributed by atoms with E-state index in [1.165, 1.54) is 7.05 Å². The largest absolute Gasteiger partial charge is 0.228 e. The summed E-state index contributed by atoms with van der Waals surface area (Å²) in [4.78, 5) is 0. The van der Waals surface area contributed by atoms with Gasteiger partial charge in [-0.1, -0.05) is 17.7 Å². The first kappa shape index (κ1) is 18.1. The van der Waals surface area contributed by atoms with Gasteiger partial charge in [0.1, 0.15) is 0 Å². The van der Waals surface area contributed by atoms with E-state index in [2.05, 4.69) is 4.72 Å². The van der Waals surface area contributed by atoms with Crippen LogP contribution < -0.4 is 4.72 Å². The molecule has 1 aromatic rings. The SMILES string of the molecule is CNS(=O)(=O)CCCS(=O)(=O)Cc1c(C)cc(C)cc1C. The predicted molar refractivity (Wildman–Crippen MR) is 85.6 cm³/mol. The summed E-state index contributed by atoms with van der Waals surface area (Å²) in [5.74, 6) is -0.334. The van der Waals surface area contributed by atoms with Crippen molar-refractivity contribution in [2.24, 2.45) is 0 Å². The highest BCUT2D eigenvalue weighted by atomic mass is 32.2. The Morgan fingerprint density at radius 2 is 1.48 bits per heavy atom. The molecule has 0 radical (unpaired) electrons. The Morgan fingerprint density at radius 3 is 1.95 bits per heavy atom.